The van der Waals surface area contributed by atoms with Crippen molar-refractivity contribution in [3.8, 4) is 0 Å². The normalized spacial score (nSPS) is 21.1. The van der Waals surface area contributed by atoms with Crippen molar-refractivity contribution in [2.75, 3.05) is 26.3 Å². The molecular weight excluding hydrogens is 864 g/mol. The zero-order valence-electron chi connectivity index (χ0n) is 36.2. The summed E-state index contributed by atoms with van der Waals surface area (Å²) in [6, 6.07) is 32.6. The first-order valence-corrected chi connectivity index (χ1v) is 23.4. The molecule has 5 aliphatic rings. The van der Waals surface area contributed by atoms with Gasteiger partial charge in [0.15, 0.2) is 0 Å². The molecule has 4 nitrogen and oxygen atoms in total. The second-order valence-electron chi connectivity index (χ2n) is 20.9. The Morgan fingerprint density at radius 3 is 1.88 bits per heavy atom. The number of para-hydroxylation sites is 1. The number of nitrogens with zero attached hydrogens (tertiary/aromatic N) is 4. The average molecular weight is 926 g/mol. The number of rotatable bonds is 1. The summed E-state index contributed by atoms with van der Waals surface area (Å²) in [6.45, 7) is 31.9. The first kappa shape index (κ1) is 38.0. The third kappa shape index (κ3) is 5.69. The molecule has 9 rings (SSSR count). The van der Waals surface area contributed by atoms with Crippen LogP contribution in [-0.4, -0.2) is 15.0 Å². The Labute approximate surface area is 345 Å². The summed E-state index contributed by atoms with van der Waals surface area (Å²) >= 11 is -0.698. The Bertz CT molecular complexity index is 2350. The molecule has 1 fully saturated rings. The van der Waals surface area contributed by atoms with Gasteiger partial charge in [-0.05, 0) is 0 Å². The van der Waals surface area contributed by atoms with Gasteiger partial charge in [-0.3, -0.25) is 0 Å². The molecule has 6 bridgehead atoms. The molecule has 0 saturated heterocycles. The number of anilines is 4. The number of benzene rings is 4. The molecule has 4 heterocycles. The van der Waals surface area contributed by atoms with Gasteiger partial charge in [0.05, 0.1) is 0 Å². The maximum atomic E-state index is 4.15. The first-order valence-electron chi connectivity index (χ1n) is 21.1. The zero-order valence-corrected chi connectivity index (χ0v) is 38.5. The van der Waals surface area contributed by atoms with E-state index in [-0.39, 0.29) is 27.3 Å². The van der Waals surface area contributed by atoms with Gasteiger partial charge in [0.1, 0.15) is 0 Å². The summed E-state index contributed by atoms with van der Waals surface area (Å²) < 4.78 is 2.94. The van der Waals surface area contributed by atoms with Crippen molar-refractivity contribution in [3.05, 3.63) is 117 Å². The van der Waals surface area contributed by atoms with Crippen LogP contribution in [0.1, 0.15) is 166 Å². The van der Waals surface area contributed by atoms with Crippen LogP contribution in [0.2, 0.25) is 0 Å². The van der Waals surface area contributed by atoms with E-state index in [0.29, 0.717) is 5.92 Å². The van der Waals surface area contributed by atoms with Crippen molar-refractivity contribution in [2.45, 2.75) is 155 Å². The molecule has 4 aromatic carbocycles. The molecule has 4 aliphatic heterocycles. The third-order valence-corrected chi connectivity index (χ3v) is 16.9. The van der Waals surface area contributed by atoms with Crippen LogP contribution in [0, 0.1) is 19.1 Å². The van der Waals surface area contributed by atoms with Crippen molar-refractivity contribution in [1.29, 1.82) is 0 Å². The SMILES string of the molecule is Cc1cc2[c-]c(c1)C(C)(C)N1[C]3=[Pt]=[C]4N(CN3c3cc(C5CCCCC5)ccc31)c1c(cccc1C(C)(C)C)N4C(C)(C)c1[c-]c(cc(C(C)(C)C)c1)C2(C)C. The first-order chi connectivity index (χ1) is 26.2. The van der Waals surface area contributed by atoms with E-state index in [1.54, 1.807) is 0 Å². The predicted molar refractivity (Wildman–Crippen MR) is 234 cm³/mol. The van der Waals surface area contributed by atoms with E-state index in [2.05, 4.69) is 182 Å². The van der Waals surface area contributed by atoms with Gasteiger partial charge >= 0.3 is 348 Å². The van der Waals surface area contributed by atoms with E-state index in [4.69, 9.17) is 0 Å². The Hall–Kier alpha value is -3.49. The van der Waals surface area contributed by atoms with Crippen LogP contribution >= 0.6 is 0 Å². The summed E-state index contributed by atoms with van der Waals surface area (Å²) in [4.78, 5) is 11.0. The molecule has 1 saturated carbocycles. The zero-order chi connectivity index (χ0) is 39.9. The van der Waals surface area contributed by atoms with Crippen LogP contribution in [0.5, 0.6) is 0 Å². The number of hydrogen-bond acceptors (Lipinski definition) is 4. The molecule has 298 valence electrons. The Kier molecular flexibility index (Phi) is 8.50. The molecule has 0 spiro atoms. The molecule has 56 heavy (non-hydrogen) atoms. The van der Waals surface area contributed by atoms with Gasteiger partial charge in [-0.15, -0.1) is 0 Å². The van der Waals surface area contributed by atoms with Gasteiger partial charge in [0.25, 0.3) is 0 Å². The van der Waals surface area contributed by atoms with Crippen LogP contribution in [-0.2, 0) is 45.0 Å². The molecule has 0 N–H and O–H groups in total. The molecule has 0 aromatic heterocycles. The van der Waals surface area contributed by atoms with Gasteiger partial charge in [0, 0.05) is 0 Å². The summed E-state index contributed by atoms with van der Waals surface area (Å²) in [5.41, 5.74) is 14.9. The fourth-order valence-corrected chi connectivity index (χ4v) is 14.2. The maximum absolute atomic E-state index is 4.15. The van der Waals surface area contributed by atoms with Crippen LogP contribution in [0.3, 0.4) is 0 Å². The topological polar surface area (TPSA) is 13.0 Å². The molecule has 4 aromatic rings. The molecule has 0 atom stereocenters. The molecule has 0 amide bonds. The van der Waals surface area contributed by atoms with Crippen LogP contribution in [0.25, 0.3) is 0 Å². The molecule has 0 unspecified atom stereocenters. The minimum absolute atomic E-state index is 0.0178. The van der Waals surface area contributed by atoms with Gasteiger partial charge in [-0.1, -0.05) is 0 Å². The van der Waals surface area contributed by atoms with Crippen molar-refractivity contribution < 1.29 is 17.6 Å². The summed E-state index contributed by atoms with van der Waals surface area (Å²) in [5, 5.41) is 0. The minimum atomic E-state index is -0.698. The quantitative estimate of drug-likeness (QED) is 0.176. The third-order valence-electron chi connectivity index (χ3n) is 13.7. The van der Waals surface area contributed by atoms with E-state index >= 15 is 0 Å². The molecular formula is C51H62N4Pt-2. The second kappa shape index (κ2) is 12.5. The van der Waals surface area contributed by atoms with Crippen molar-refractivity contribution >= 4 is 31.0 Å². The summed E-state index contributed by atoms with van der Waals surface area (Å²) in [7, 11) is 0. The van der Waals surface area contributed by atoms with Crippen LogP contribution in [0.4, 0.5) is 22.7 Å². The van der Waals surface area contributed by atoms with E-state index in [1.165, 1.54) is 108 Å². The summed E-state index contributed by atoms with van der Waals surface area (Å²) in [5.74, 6) is 0.651. The molecule has 5 heteroatoms. The van der Waals surface area contributed by atoms with Gasteiger partial charge in [-0.25, -0.2) is 0 Å². The Morgan fingerprint density at radius 2 is 1.21 bits per heavy atom. The standard InChI is InChI=1S/C51H62N4.Pt/c1-34-24-38-29-40(25-34)50(10,11)54-32-52(45-26-36(22-23-43(45)54)35-18-15-14-16-19-35)31-53-33-55(44-21-17-20-42(46(44)53)48(5,6)7)51(12,13)41-28-37(47(2,3)4)27-39(30-41)49(38,8)9;/h17,20-28,35H,14-16,18-19,31H2,1-13H3;/q-2;. The van der Waals surface area contributed by atoms with E-state index in [9.17, 15) is 0 Å². The van der Waals surface area contributed by atoms with Crippen LogP contribution < -0.4 is 19.6 Å². The van der Waals surface area contributed by atoms with Crippen LogP contribution in [0.15, 0.2) is 60.7 Å². The fraction of sp³-hybridized carbons (Fsp3) is 0.490. The Morgan fingerprint density at radius 1 is 0.625 bits per heavy atom. The van der Waals surface area contributed by atoms with Crippen molar-refractivity contribution in [3.63, 3.8) is 0 Å². The van der Waals surface area contributed by atoms with Gasteiger partial charge in [0.2, 0.25) is 0 Å². The molecule has 1 aliphatic carbocycles. The van der Waals surface area contributed by atoms with E-state index < -0.39 is 17.6 Å². The van der Waals surface area contributed by atoms with Crippen molar-refractivity contribution in [2.24, 2.45) is 0 Å². The monoisotopic (exact) mass is 925 g/mol. The number of fused-ring (bicyclic) bond motifs is 10. The average Bonchev–Trinajstić information content (AvgIpc) is 3.65. The van der Waals surface area contributed by atoms with Crippen molar-refractivity contribution in [1.82, 2.24) is 0 Å². The molecule has 0 radical (unpaired) electrons. The predicted octanol–water partition coefficient (Wildman–Crippen LogP) is 11.9. The fourth-order valence-electron chi connectivity index (χ4n) is 9.92. The number of aryl methyl sites for hydroxylation is 1. The van der Waals surface area contributed by atoms with E-state index in [0.717, 1.165) is 6.67 Å². The summed E-state index contributed by atoms with van der Waals surface area (Å²) in [6.07, 6.45) is 6.67. The number of hydrogen-bond donors (Lipinski definition) is 0. The van der Waals surface area contributed by atoms with Gasteiger partial charge in [-0.2, -0.15) is 0 Å². The van der Waals surface area contributed by atoms with E-state index in [1.807, 2.05) is 0 Å². The Balaban J connectivity index is 1.40. The second-order valence-corrected chi connectivity index (χ2v) is 23.5. The van der Waals surface area contributed by atoms with Gasteiger partial charge < -0.3 is 0 Å².